The predicted molar refractivity (Wildman–Crippen MR) is 125 cm³/mol. The van der Waals surface area contributed by atoms with E-state index < -0.39 is 0 Å². The molecule has 2 unspecified atom stereocenters. The van der Waals surface area contributed by atoms with E-state index in [1.54, 1.807) is 0 Å². The highest BCUT2D eigenvalue weighted by atomic mass is 15.2. The number of fused-ring (bicyclic) bond motifs is 3. The van der Waals surface area contributed by atoms with Crippen LogP contribution in [-0.4, -0.2) is 30.1 Å². The van der Waals surface area contributed by atoms with Crippen molar-refractivity contribution in [2.45, 2.75) is 44.3 Å². The van der Waals surface area contributed by atoms with Gasteiger partial charge in [0.2, 0.25) is 0 Å². The molecule has 3 fully saturated rings. The Morgan fingerprint density at radius 3 is 2.00 bits per heavy atom. The molecule has 1 N–H and O–H groups in total. The van der Waals surface area contributed by atoms with Gasteiger partial charge in [-0.25, -0.2) is 0 Å². The largest absolute Gasteiger partial charge is 0.308 e. The van der Waals surface area contributed by atoms with Crippen molar-refractivity contribution in [3.05, 3.63) is 107 Å². The van der Waals surface area contributed by atoms with Crippen molar-refractivity contribution in [3.63, 3.8) is 0 Å². The molecule has 2 bridgehead atoms. The van der Waals surface area contributed by atoms with E-state index in [1.165, 1.54) is 48.2 Å². The smallest absolute Gasteiger partial charge is 0.0292 e. The third-order valence-corrected chi connectivity index (χ3v) is 7.14. The molecule has 2 atom stereocenters. The highest BCUT2D eigenvalue weighted by Crippen LogP contribution is 2.34. The summed E-state index contributed by atoms with van der Waals surface area (Å²) in [5.74, 6) is 0.810. The van der Waals surface area contributed by atoms with Gasteiger partial charge in [-0.3, -0.25) is 4.90 Å². The molecule has 3 aromatic rings. The Labute approximate surface area is 180 Å². The average Bonchev–Trinajstić information content (AvgIpc) is 2.82. The van der Waals surface area contributed by atoms with Gasteiger partial charge in [0.05, 0.1) is 0 Å². The summed E-state index contributed by atoms with van der Waals surface area (Å²) in [4.78, 5) is 2.75. The molecule has 3 saturated heterocycles. The fourth-order valence-corrected chi connectivity index (χ4v) is 5.51. The maximum absolute atomic E-state index is 3.97. The van der Waals surface area contributed by atoms with Gasteiger partial charge in [-0.05, 0) is 66.9 Å². The molecule has 0 aliphatic carbocycles. The van der Waals surface area contributed by atoms with Crippen molar-refractivity contribution in [2.75, 3.05) is 13.1 Å². The van der Waals surface area contributed by atoms with Crippen LogP contribution in [0.2, 0.25) is 0 Å². The quantitative estimate of drug-likeness (QED) is 0.600. The van der Waals surface area contributed by atoms with Crippen LogP contribution in [0.15, 0.2) is 84.9 Å². The van der Waals surface area contributed by atoms with Crippen LogP contribution in [0.1, 0.15) is 35.1 Å². The standard InChI is InChI=1S/C28H32N2/c1-3-9-22(10-4-1)19-25-13-7-8-14-26(25)20-27-28(24-15-17-30(27)18-16-24)29-21-23-11-5-2-6-12-23/h1-14,24,27-29H,15-21H2. The molecule has 6 rings (SSSR count). The Kier molecular flexibility index (Phi) is 5.96. The van der Waals surface area contributed by atoms with E-state index >= 15 is 0 Å². The molecule has 3 aliphatic heterocycles. The molecule has 0 amide bonds. The zero-order chi connectivity index (χ0) is 20.2. The van der Waals surface area contributed by atoms with Gasteiger partial charge in [0.25, 0.3) is 0 Å². The predicted octanol–water partition coefficient (Wildman–Crippen LogP) is 5.07. The number of nitrogens with zero attached hydrogens (tertiary/aromatic N) is 1. The van der Waals surface area contributed by atoms with Crippen LogP contribution in [0, 0.1) is 5.92 Å². The molecular formula is C28H32N2. The van der Waals surface area contributed by atoms with Gasteiger partial charge in [-0.2, -0.15) is 0 Å². The normalized spacial score (nSPS) is 25.3. The molecule has 2 heteroatoms. The van der Waals surface area contributed by atoms with Crippen LogP contribution in [-0.2, 0) is 19.4 Å². The molecule has 154 valence electrons. The summed E-state index contributed by atoms with van der Waals surface area (Å²) in [6, 6.07) is 32.0. The van der Waals surface area contributed by atoms with Crippen LogP contribution in [0.5, 0.6) is 0 Å². The molecule has 3 heterocycles. The Hall–Kier alpha value is -2.42. The van der Waals surface area contributed by atoms with Gasteiger partial charge in [-0.15, -0.1) is 0 Å². The van der Waals surface area contributed by atoms with Crippen molar-refractivity contribution < 1.29 is 0 Å². The summed E-state index contributed by atoms with van der Waals surface area (Å²) in [7, 11) is 0. The van der Waals surface area contributed by atoms with Crippen molar-refractivity contribution in [1.29, 1.82) is 0 Å². The molecule has 3 aliphatic rings. The van der Waals surface area contributed by atoms with E-state index in [0.717, 1.165) is 25.3 Å². The number of rotatable bonds is 7. The molecule has 0 radical (unpaired) electrons. The van der Waals surface area contributed by atoms with Gasteiger partial charge in [0.1, 0.15) is 0 Å². The van der Waals surface area contributed by atoms with Gasteiger partial charge in [-0.1, -0.05) is 84.9 Å². The lowest BCUT2D eigenvalue weighted by Crippen LogP contribution is -2.63. The zero-order valence-corrected chi connectivity index (χ0v) is 17.7. The Morgan fingerprint density at radius 2 is 1.30 bits per heavy atom. The topological polar surface area (TPSA) is 15.3 Å². The van der Waals surface area contributed by atoms with E-state index in [2.05, 4.69) is 95.1 Å². The third-order valence-electron chi connectivity index (χ3n) is 7.14. The monoisotopic (exact) mass is 396 g/mol. The summed E-state index contributed by atoms with van der Waals surface area (Å²) in [5, 5.41) is 3.97. The van der Waals surface area contributed by atoms with Crippen molar-refractivity contribution in [1.82, 2.24) is 10.2 Å². The summed E-state index contributed by atoms with van der Waals surface area (Å²) in [5.41, 5.74) is 5.78. The van der Waals surface area contributed by atoms with E-state index in [9.17, 15) is 0 Å². The Morgan fingerprint density at radius 1 is 0.700 bits per heavy atom. The number of piperidine rings is 3. The van der Waals surface area contributed by atoms with E-state index in [0.29, 0.717) is 12.1 Å². The first-order valence-electron chi connectivity index (χ1n) is 11.5. The third kappa shape index (κ3) is 4.35. The summed E-state index contributed by atoms with van der Waals surface area (Å²) in [6.45, 7) is 3.50. The Balaban J connectivity index is 1.34. The molecule has 3 aromatic carbocycles. The molecule has 30 heavy (non-hydrogen) atoms. The molecule has 2 nitrogen and oxygen atoms in total. The van der Waals surface area contributed by atoms with Gasteiger partial charge in [0.15, 0.2) is 0 Å². The second kappa shape index (κ2) is 9.16. The van der Waals surface area contributed by atoms with Gasteiger partial charge in [0, 0.05) is 18.6 Å². The van der Waals surface area contributed by atoms with Gasteiger partial charge < -0.3 is 5.32 Å². The minimum Gasteiger partial charge on any atom is -0.308 e. The highest BCUT2D eigenvalue weighted by molar-refractivity contribution is 5.34. The summed E-state index contributed by atoms with van der Waals surface area (Å²) >= 11 is 0. The lowest BCUT2D eigenvalue weighted by Gasteiger charge is -2.51. The zero-order valence-electron chi connectivity index (χ0n) is 17.7. The van der Waals surface area contributed by atoms with Crippen molar-refractivity contribution in [3.8, 4) is 0 Å². The second-order valence-electron chi connectivity index (χ2n) is 8.97. The van der Waals surface area contributed by atoms with Crippen molar-refractivity contribution in [2.24, 2.45) is 5.92 Å². The SMILES string of the molecule is c1ccc(CNC2C3CCN(CC3)C2Cc2ccccc2Cc2ccccc2)cc1. The maximum Gasteiger partial charge on any atom is 0.0292 e. The first kappa shape index (κ1) is 19.5. The summed E-state index contributed by atoms with van der Waals surface area (Å²) < 4.78 is 0. The highest BCUT2D eigenvalue weighted by Gasteiger charge is 2.41. The maximum atomic E-state index is 3.97. The van der Waals surface area contributed by atoms with Crippen LogP contribution >= 0.6 is 0 Å². The number of benzene rings is 3. The van der Waals surface area contributed by atoms with Gasteiger partial charge >= 0.3 is 0 Å². The fraction of sp³-hybridized carbons (Fsp3) is 0.357. The minimum atomic E-state index is 0.581. The lowest BCUT2D eigenvalue weighted by molar-refractivity contribution is 0.0126. The first-order valence-corrected chi connectivity index (χ1v) is 11.5. The van der Waals surface area contributed by atoms with Crippen LogP contribution in [0.25, 0.3) is 0 Å². The first-order chi connectivity index (χ1) is 14.9. The van der Waals surface area contributed by atoms with E-state index in [-0.39, 0.29) is 0 Å². The van der Waals surface area contributed by atoms with E-state index in [4.69, 9.17) is 0 Å². The van der Waals surface area contributed by atoms with Crippen LogP contribution in [0.4, 0.5) is 0 Å². The number of nitrogens with one attached hydrogen (secondary N) is 1. The number of hydrogen-bond donors (Lipinski definition) is 1. The Bertz CT molecular complexity index is 929. The van der Waals surface area contributed by atoms with Crippen LogP contribution < -0.4 is 5.32 Å². The van der Waals surface area contributed by atoms with Crippen LogP contribution in [0.3, 0.4) is 0 Å². The molecule has 0 aromatic heterocycles. The molecule has 0 spiro atoms. The summed E-state index contributed by atoms with van der Waals surface area (Å²) in [6.07, 6.45) is 4.85. The average molecular weight is 397 g/mol. The second-order valence-corrected chi connectivity index (χ2v) is 8.97. The molecule has 0 saturated carbocycles. The van der Waals surface area contributed by atoms with Crippen molar-refractivity contribution >= 4 is 0 Å². The van der Waals surface area contributed by atoms with E-state index in [1.807, 2.05) is 0 Å². The lowest BCUT2D eigenvalue weighted by atomic mass is 9.76. The molecular weight excluding hydrogens is 364 g/mol. The number of hydrogen-bond acceptors (Lipinski definition) is 2. The minimum absolute atomic E-state index is 0.581. The fourth-order valence-electron chi connectivity index (χ4n) is 5.51.